The quantitative estimate of drug-likeness (QED) is 0.542. The maximum atomic E-state index is 10.9. The van der Waals surface area contributed by atoms with Crippen molar-refractivity contribution in [2.75, 3.05) is 5.32 Å². The van der Waals surface area contributed by atoms with E-state index >= 15 is 0 Å². The van der Waals surface area contributed by atoms with Crippen LogP contribution in [0.15, 0.2) is 36.4 Å². The molecule has 6 nitrogen and oxygen atoms in total. The molecule has 6 N–H and O–H groups in total. The molecule has 0 saturated carbocycles. The molecule has 2 aromatic rings. The first-order valence-corrected chi connectivity index (χ1v) is 5.85. The summed E-state index contributed by atoms with van der Waals surface area (Å²) in [5.41, 5.74) is 6.69. The second kappa shape index (κ2) is 5.40. The molecule has 0 fully saturated rings. The van der Waals surface area contributed by atoms with Gasteiger partial charge in [0.25, 0.3) is 0 Å². The molecule has 20 heavy (non-hydrogen) atoms. The number of carbonyl (C=O) groups excluding carboxylic acids is 1. The van der Waals surface area contributed by atoms with Gasteiger partial charge in [0.1, 0.15) is 0 Å². The topological polar surface area (TPSA) is 116 Å². The number of phenolic OH excluding ortho intramolecular Hbond substituents is 3. The smallest absolute Gasteiger partial charge is 0.248 e. The van der Waals surface area contributed by atoms with E-state index in [0.29, 0.717) is 11.1 Å². The number of benzene rings is 2. The average molecular weight is 274 g/mol. The van der Waals surface area contributed by atoms with Gasteiger partial charge in [-0.25, -0.2) is 0 Å². The zero-order chi connectivity index (χ0) is 14.7. The molecule has 0 aliphatic heterocycles. The van der Waals surface area contributed by atoms with Gasteiger partial charge in [0.15, 0.2) is 11.5 Å². The first-order chi connectivity index (χ1) is 9.49. The third kappa shape index (κ3) is 2.74. The van der Waals surface area contributed by atoms with Crippen LogP contribution < -0.4 is 11.1 Å². The number of nitrogens with two attached hydrogens (primary N) is 1. The average Bonchev–Trinajstić information content (AvgIpc) is 2.44. The number of amides is 1. The number of primary amides is 1. The third-order valence-electron chi connectivity index (χ3n) is 2.87. The highest BCUT2D eigenvalue weighted by Gasteiger charge is 2.10. The van der Waals surface area contributed by atoms with Crippen LogP contribution in [0.25, 0.3) is 0 Å². The van der Waals surface area contributed by atoms with E-state index in [2.05, 4.69) is 5.32 Å². The van der Waals surface area contributed by atoms with Crippen LogP contribution in [0.4, 0.5) is 5.69 Å². The Morgan fingerprint density at radius 1 is 1.00 bits per heavy atom. The van der Waals surface area contributed by atoms with Crippen molar-refractivity contribution in [2.45, 2.75) is 6.54 Å². The van der Waals surface area contributed by atoms with Crippen molar-refractivity contribution in [2.24, 2.45) is 5.73 Å². The van der Waals surface area contributed by atoms with Crippen LogP contribution in [0.2, 0.25) is 0 Å². The largest absolute Gasteiger partial charge is 0.504 e. The molecule has 0 saturated heterocycles. The standard InChI is InChI=1S/C14H14N2O4/c15-14(20)8-1-4-10(5-2-8)16-7-9-3-6-11(17)13(19)12(9)18/h1-6,16-19H,7H2,(H2,15,20). The Kier molecular flexibility index (Phi) is 3.65. The summed E-state index contributed by atoms with van der Waals surface area (Å²) in [4.78, 5) is 10.9. The fraction of sp³-hybridized carbons (Fsp3) is 0.0714. The van der Waals surface area contributed by atoms with Crippen LogP contribution in [0, 0.1) is 0 Å². The number of rotatable bonds is 4. The normalized spacial score (nSPS) is 10.2. The minimum atomic E-state index is -0.548. The lowest BCUT2D eigenvalue weighted by Gasteiger charge is -2.10. The highest BCUT2D eigenvalue weighted by atomic mass is 16.3. The molecule has 0 atom stereocenters. The monoisotopic (exact) mass is 274 g/mol. The van der Waals surface area contributed by atoms with Crippen LogP contribution in [-0.4, -0.2) is 21.2 Å². The Hall–Kier alpha value is -2.89. The van der Waals surface area contributed by atoms with Crippen LogP contribution >= 0.6 is 0 Å². The first-order valence-electron chi connectivity index (χ1n) is 5.85. The minimum Gasteiger partial charge on any atom is -0.504 e. The Balaban J connectivity index is 2.09. The van der Waals surface area contributed by atoms with E-state index in [1.165, 1.54) is 12.1 Å². The van der Waals surface area contributed by atoms with Crippen molar-refractivity contribution >= 4 is 11.6 Å². The van der Waals surface area contributed by atoms with Crippen LogP contribution in [0.5, 0.6) is 17.2 Å². The van der Waals surface area contributed by atoms with Crippen molar-refractivity contribution in [1.29, 1.82) is 0 Å². The summed E-state index contributed by atoms with van der Waals surface area (Å²) in [6, 6.07) is 9.31. The summed E-state index contributed by atoms with van der Waals surface area (Å²) in [5.74, 6) is -1.80. The summed E-state index contributed by atoms with van der Waals surface area (Å²) >= 11 is 0. The van der Waals surface area contributed by atoms with Crippen molar-refractivity contribution in [3.05, 3.63) is 47.5 Å². The second-order valence-electron chi connectivity index (χ2n) is 4.24. The van der Waals surface area contributed by atoms with Gasteiger partial charge in [-0.1, -0.05) is 0 Å². The van der Waals surface area contributed by atoms with Gasteiger partial charge in [-0.15, -0.1) is 0 Å². The van der Waals surface area contributed by atoms with Crippen molar-refractivity contribution < 1.29 is 20.1 Å². The molecular formula is C14H14N2O4. The van der Waals surface area contributed by atoms with E-state index in [9.17, 15) is 20.1 Å². The van der Waals surface area contributed by atoms with E-state index in [-0.39, 0.29) is 18.0 Å². The van der Waals surface area contributed by atoms with Gasteiger partial charge in [0, 0.05) is 23.4 Å². The maximum Gasteiger partial charge on any atom is 0.248 e. The number of hydrogen-bond acceptors (Lipinski definition) is 5. The Bertz CT molecular complexity index is 638. The lowest BCUT2D eigenvalue weighted by Crippen LogP contribution is -2.10. The van der Waals surface area contributed by atoms with Crippen LogP contribution in [0.3, 0.4) is 0 Å². The minimum absolute atomic E-state index is 0.246. The third-order valence-corrected chi connectivity index (χ3v) is 2.87. The van der Waals surface area contributed by atoms with Crippen molar-refractivity contribution in [3.8, 4) is 17.2 Å². The van der Waals surface area contributed by atoms with Gasteiger partial charge in [0.05, 0.1) is 0 Å². The van der Waals surface area contributed by atoms with Gasteiger partial charge < -0.3 is 26.4 Å². The Morgan fingerprint density at radius 2 is 1.65 bits per heavy atom. The van der Waals surface area contributed by atoms with Gasteiger partial charge in [-0.05, 0) is 36.4 Å². The highest BCUT2D eigenvalue weighted by molar-refractivity contribution is 5.93. The first kappa shape index (κ1) is 13.5. The summed E-state index contributed by atoms with van der Waals surface area (Å²) in [6.45, 7) is 0.246. The van der Waals surface area contributed by atoms with Crippen molar-refractivity contribution in [3.63, 3.8) is 0 Å². The molecule has 0 aliphatic carbocycles. The molecule has 0 aliphatic rings. The van der Waals surface area contributed by atoms with E-state index in [1.54, 1.807) is 24.3 Å². The number of aromatic hydroxyl groups is 3. The summed E-state index contributed by atoms with van der Waals surface area (Å²) < 4.78 is 0. The molecule has 0 bridgehead atoms. The van der Waals surface area contributed by atoms with Gasteiger partial charge in [-0.2, -0.15) is 0 Å². The van der Waals surface area contributed by atoms with Gasteiger partial charge in [-0.3, -0.25) is 4.79 Å². The molecule has 2 rings (SSSR count). The number of phenols is 3. The SMILES string of the molecule is NC(=O)c1ccc(NCc2ccc(O)c(O)c2O)cc1. The number of carbonyl (C=O) groups is 1. The molecule has 0 aromatic heterocycles. The zero-order valence-corrected chi connectivity index (χ0v) is 10.5. The predicted octanol–water partition coefficient (Wildman–Crippen LogP) is 1.51. The predicted molar refractivity (Wildman–Crippen MR) is 73.7 cm³/mol. The summed E-state index contributed by atoms with van der Waals surface area (Å²) in [6.07, 6.45) is 0. The molecule has 104 valence electrons. The fourth-order valence-electron chi connectivity index (χ4n) is 1.70. The van der Waals surface area contributed by atoms with Crippen molar-refractivity contribution in [1.82, 2.24) is 0 Å². The van der Waals surface area contributed by atoms with Crippen LogP contribution in [0.1, 0.15) is 15.9 Å². The molecule has 0 spiro atoms. The highest BCUT2D eigenvalue weighted by Crippen LogP contribution is 2.37. The molecule has 0 heterocycles. The lowest BCUT2D eigenvalue weighted by molar-refractivity contribution is 0.100. The van der Waals surface area contributed by atoms with E-state index < -0.39 is 11.7 Å². The van der Waals surface area contributed by atoms with E-state index in [1.807, 2.05) is 0 Å². The molecule has 6 heteroatoms. The molecule has 2 aromatic carbocycles. The number of hydrogen-bond donors (Lipinski definition) is 5. The van der Waals surface area contributed by atoms with E-state index in [4.69, 9.17) is 5.73 Å². The second-order valence-corrected chi connectivity index (χ2v) is 4.24. The molecular weight excluding hydrogens is 260 g/mol. The maximum absolute atomic E-state index is 10.9. The zero-order valence-electron chi connectivity index (χ0n) is 10.5. The van der Waals surface area contributed by atoms with Crippen LogP contribution in [-0.2, 0) is 6.54 Å². The molecule has 0 unspecified atom stereocenters. The summed E-state index contributed by atoms with van der Waals surface area (Å²) in [7, 11) is 0. The van der Waals surface area contributed by atoms with Gasteiger partial charge >= 0.3 is 0 Å². The number of anilines is 1. The lowest BCUT2D eigenvalue weighted by atomic mass is 10.1. The molecule has 0 radical (unpaired) electrons. The number of nitrogens with one attached hydrogen (secondary N) is 1. The molecule has 1 amide bonds. The van der Waals surface area contributed by atoms with E-state index in [0.717, 1.165) is 5.69 Å². The Morgan fingerprint density at radius 3 is 2.25 bits per heavy atom. The van der Waals surface area contributed by atoms with Gasteiger partial charge in [0.2, 0.25) is 11.7 Å². The fourth-order valence-corrected chi connectivity index (χ4v) is 1.70. The Labute approximate surface area is 115 Å². The summed E-state index contributed by atoms with van der Waals surface area (Å²) in [5, 5.41) is 31.3.